The summed E-state index contributed by atoms with van der Waals surface area (Å²) in [5, 5.41) is 10.3. The van der Waals surface area contributed by atoms with Crippen molar-refractivity contribution < 1.29 is 14.6 Å². The Bertz CT molecular complexity index is 916. The average molecular weight is 307 g/mol. The smallest absolute Gasteiger partial charge is 0.336 e. The van der Waals surface area contributed by atoms with Crippen LogP contribution in [0.1, 0.15) is 21.5 Å². The summed E-state index contributed by atoms with van der Waals surface area (Å²) in [5.74, 6) is -0.238. The summed E-state index contributed by atoms with van der Waals surface area (Å²) >= 11 is 0. The molecule has 3 aromatic rings. The molecule has 0 fully saturated rings. The lowest BCUT2D eigenvalue weighted by Gasteiger charge is -2.12. The minimum Gasteiger partial charge on any atom is -0.497 e. The topological polar surface area (TPSA) is 59.4 Å². The highest BCUT2D eigenvalue weighted by atomic mass is 16.5. The lowest BCUT2D eigenvalue weighted by Crippen LogP contribution is -2.02. The third-order valence-corrected chi connectivity index (χ3v) is 3.97. The first-order chi connectivity index (χ1) is 11.0. The van der Waals surface area contributed by atoms with Gasteiger partial charge in [0.05, 0.1) is 23.9 Å². The molecule has 0 bridgehead atoms. The van der Waals surface area contributed by atoms with Gasteiger partial charge in [-0.25, -0.2) is 9.78 Å². The normalized spacial score (nSPS) is 10.7. The van der Waals surface area contributed by atoms with Gasteiger partial charge in [0.2, 0.25) is 0 Å². The SMILES string of the molecule is COc1cccc(-c2cc(C(=O)O)c3c(C)ccc(C)c3n2)c1. The van der Waals surface area contributed by atoms with Crippen LogP contribution in [0.2, 0.25) is 0 Å². The minimum absolute atomic E-state index is 0.272. The summed E-state index contributed by atoms with van der Waals surface area (Å²) in [5.41, 5.74) is 4.32. The van der Waals surface area contributed by atoms with E-state index in [4.69, 9.17) is 9.72 Å². The van der Waals surface area contributed by atoms with Crippen LogP contribution in [-0.4, -0.2) is 23.2 Å². The predicted octanol–water partition coefficient (Wildman–Crippen LogP) is 4.23. The van der Waals surface area contributed by atoms with Crippen LogP contribution in [0, 0.1) is 13.8 Å². The predicted molar refractivity (Wildman–Crippen MR) is 90.2 cm³/mol. The maximum Gasteiger partial charge on any atom is 0.336 e. The molecule has 1 heterocycles. The van der Waals surface area contributed by atoms with Crippen molar-refractivity contribution in [1.29, 1.82) is 0 Å². The molecule has 0 radical (unpaired) electrons. The van der Waals surface area contributed by atoms with Gasteiger partial charge in [0.1, 0.15) is 5.75 Å². The van der Waals surface area contributed by atoms with Gasteiger partial charge >= 0.3 is 5.97 Å². The summed E-state index contributed by atoms with van der Waals surface area (Å²) in [4.78, 5) is 16.4. The fourth-order valence-electron chi connectivity index (χ4n) is 2.74. The number of aryl methyl sites for hydroxylation is 2. The number of methoxy groups -OCH3 is 1. The minimum atomic E-state index is -0.949. The lowest BCUT2D eigenvalue weighted by molar-refractivity contribution is 0.0699. The van der Waals surface area contributed by atoms with Gasteiger partial charge in [-0.3, -0.25) is 0 Å². The Morgan fingerprint density at radius 3 is 2.52 bits per heavy atom. The molecule has 23 heavy (non-hydrogen) atoms. The van der Waals surface area contributed by atoms with Gasteiger partial charge in [-0.05, 0) is 43.2 Å². The molecular formula is C19H17NO3. The zero-order valence-corrected chi connectivity index (χ0v) is 13.3. The Balaban J connectivity index is 2.35. The summed E-state index contributed by atoms with van der Waals surface area (Å²) in [6.45, 7) is 3.84. The third kappa shape index (κ3) is 2.63. The summed E-state index contributed by atoms with van der Waals surface area (Å²) in [6, 6.07) is 13.0. The lowest BCUT2D eigenvalue weighted by atomic mass is 9.98. The zero-order chi connectivity index (χ0) is 16.6. The molecule has 0 aliphatic heterocycles. The number of hydrogen-bond acceptors (Lipinski definition) is 3. The molecule has 0 unspecified atom stereocenters. The van der Waals surface area contributed by atoms with Crippen molar-refractivity contribution in [2.24, 2.45) is 0 Å². The van der Waals surface area contributed by atoms with E-state index < -0.39 is 5.97 Å². The van der Waals surface area contributed by atoms with E-state index in [9.17, 15) is 9.90 Å². The maximum atomic E-state index is 11.7. The molecule has 1 N–H and O–H groups in total. The molecule has 0 aliphatic carbocycles. The number of aromatic carboxylic acids is 1. The van der Waals surface area contributed by atoms with Crippen LogP contribution in [0.4, 0.5) is 0 Å². The van der Waals surface area contributed by atoms with Crippen LogP contribution in [0.5, 0.6) is 5.75 Å². The van der Waals surface area contributed by atoms with Gasteiger partial charge in [-0.15, -0.1) is 0 Å². The highest BCUT2D eigenvalue weighted by Crippen LogP contribution is 2.30. The Labute approximate surface area is 134 Å². The van der Waals surface area contributed by atoms with E-state index >= 15 is 0 Å². The number of nitrogens with zero attached hydrogens (tertiary/aromatic N) is 1. The Morgan fingerprint density at radius 1 is 1.09 bits per heavy atom. The van der Waals surface area contributed by atoms with E-state index in [1.807, 2.05) is 50.2 Å². The van der Waals surface area contributed by atoms with Crippen molar-refractivity contribution in [2.45, 2.75) is 13.8 Å². The van der Waals surface area contributed by atoms with E-state index in [1.54, 1.807) is 13.2 Å². The van der Waals surface area contributed by atoms with Crippen molar-refractivity contribution in [3.63, 3.8) is 0 Å². The molecule has 0 aliphatic rings. The summed E-state index contributed by atoms with van der Waals surface area (Å²) < 4.78 is 5.24. The Morgan fingerprint density at radius 2 is 1.83 bits per heavy atom. The second kappa shape index (κ2) is 5.72. The van der Waals surface area contributed by atoms with E-state index in [0.29, 0.717) is 16.8 Å². The molecule has 4 heteroatoms. The first-order valence-corrected chi connectivity index (χ1v) is 7.30. The second-order valence-corrected chi connectivity index (χ2v) is 5.52. The molecule has 0 saturated carbocycles. The number of aromatic nitrogens is 1. The molecule has 116 valence electrons. The molecule has 0 spiro atoms. The second-order valence-electron chi connectivity index (χ2n) is 5.52. The fourth-order valence-corrected chi connectivity index (χ4v) is 2.74. The molecule has 3 rings (SSSR count). The van der Waals surface area contributed by atoms with Crippen LogP contribution in [0.15, 0.2) is 42.5 Å². The van der Waals surface area contributed by atoms with Crippen LogP contribution in [0.25, 0.3) is 22.2 Å². The fraction of sp³-hybridized carbons (Fsp3) is 0.158. The molecule has 4 nitrogen and oxygen atoms in total. The van der Waals surface area contributed by atoms with Crippen molar-refractivity contribution in [2.75, 3.05) is 7.11 Å². The number of carboxylic acid groups (broad SMARTS) is 1. The quantitative estimate of drug-likeness (QED) is 0.787. The summed E-state index contributed by atoms with van der Waals surface area (Å²) in [6.07, 6.45) is 0. The molecule has 0 saturated heterocycles. The Hall–Kier alpha value is -2.88. The van der Waals surface area contributed by atoms with Crippen molar-refractivity contribution in [3.8, 4) is 17.0 Å². The molecular weight excluding hydrogens is 290 g/mol. The molecule has 0 atom stereocenters. The van der Waals surface area contributed by atoms with Crippen LogP contribution in [0.3, 0.4) is 0 Å². The molecule has 1 aromatic heterocycles. The number of carbonyl (C=O) groups is 1. The number of fused-ring (bicyclic) bond motifs is 1. The van der Waals surface area contributed by atoms with E-state index in [2.05, 4.69) is 0 Å². The van der Waals surface area contributed by atoms with Crippen molar-refractivity contribution >= 4 is 16.9 Å². The molecule has 0 amide bonds. The van der Waals surface area contributed by atoms with Crippen LogP contribution >= 0.6 is 0 Å². The van der Waals surface area contributed by atoms with Crippen LogP contribution < -0.4 is 4.74 Å². The number of rotatable bonds is 3. The maximum absolute atomic E-state index is 11.7. The van der Waals surface area contributed by atoms with Crippen molar-refractivity contribution in [3.05, 3.63) is 59.2 Å². The van der Waals surface area contributed by atoms with E-state index in [-0.39, 0.29) is 5.56 Å². The highest BCUT2D eigenvalue weighted by Gasteiger charge is 2.16. The average Bonchev–Trinajstić information content (AvgIpc) is 2.57. The molecule has 2 aromatic carbocycles. The summed E-state index contributed by atoms with van der Waals surface area (Å²) in [7, 11) is 1.60. The van der Waals surface area contributed by atoms with Gasteiger partial charge in [-0.2, -0.15) is 0 Å². The number of hydrogen-bond donors (Lipinski definition) is 1. The van der Waals surface area contributed by atoms with Gasteiger partial charge in [-0.1, -0.05) is 24.3 Å². The van der Waals surface area contributed by atoms with Gasteiger partial charge in [0.25, 0.3) is 0 Å². The largest absolute Gasteiger partial charge is 0.497 e. The zero-order valence-electron chi connectivity index (χ0n) is 13.3. The number of pyridine rings is 1. The highest BCUT2D eigenvalue weighted by molar-refractivity contribution is 6.05. The van der Waals surface area contributed by atoms with Crippen LogP contribution in [-0.2, 0) is 0 Å². The van der Waals surface area contributed by atoms with Gasteiger partial charge in [0.15, 0.2) is 0 Å². The standard InChI is InChI=1S/C19H17NO3/c1-11-7-8-12(2)18-17(11)15(19(21)22)10-16(20-18)13-5-4-6-14(9-13)23-3/h4-10H,1-3H3,(H,21,22). The van der Waals surface area contributed by atoms with E-state index in [0.717, 1.165) is 22.2 Å². The third-order valence-electron chi connectivity index (χ3n) is 3.97. The first kappa shape index (κ1) is 15.0. The van der Waals surface area contributed by atoms with E-state index in [1.165, 1.54) is 0 Å². The first-order valence-electron chi connectivity index (χ1n) is 7.30. The van der Waals surface area contributed by atoms with Gasteiger partial charge in [0, 0.05) is 10.9 Å². The van der Waals surface area contributed by atoms with Gasteiger partial charge < -0.3 is 9.84 Å². The number of carboxylic acids is 1. The number of ether oxygens (including phenoxy) is 1. The van der Waals surface area contributed by atoms with Crippen molar-refractivity contribution in [1.82, 2.24) is 4.98 Å². The number of benzene rings is 2. The Kier molecular flexibility index (Phi) is 3.74. The monoisotopic (exact) mass is 307 g/mol.